The van der Waals surface area contributed by atoms with Crippen molar-refractivity contribution in [2.24, 2.45) is 0 Å². The number of rotatable bonds is 6. The van der Waals surface area contributed by atoms with Crippen LogP contribution in [0.1, 0.15) is 21.5 Å². The van der Waals surface area contributed by atoms with Gasteiger partial charge in [0.2, 0.25) is 0 Å². The van der Waals surface area contributed by atoms with Crippen molar-refractivity contribution < 1.29 is 19.2 Å². The van der Waals surface area contributed by atoms with E-state index in [9.17, 15) is 25.0 Å². The Labute approximate surface area is 197 Å². The molecule has 0 aromatic heterocycles. The van der Waals surface area contributed by atoms with Gasteiger partial charge >= 0.3 is 5.97 Å². The number of esters is 1. The van der Waals surface area contributed by atoms with Crippen LogP contribution in [0.5, 0.6) is 5.75 Å². The minimum atomic E-state index is -0.782. The number of nitro groups is 1. The van der Waals surface area contributed by atoms with E-state index in [4.69, 9.17) is 4.74 Å². The molecule has 0 aliphatic carbocycles. The van der Waals surface area contributed by atoms with Crippen LogP contribution in [0.15, 0.2) is 76.8 Å². The molecule has 0 saturated heterocycles. The van der Waals surface area contributed by atoms with Gasteiger partial charge in [0, 0.05) is 10.5 Å². The van der Waals surface area contributed by atoms with E-state index in [-0.39, 0.29) is 16.9 Å². The zero-order valence-corrected chi connectivity index (χ0v) is 18.8. The smallest absolute Gasteiger partial charge is 0.343 e. The lowest BCUT2D eigenvalue weighted by Crippen LogP contribution is -2.14. The van der Waals surface area contributed by atoms with Crippen LogP contribution < -0.4 is 10.1 Å². The average molecular weight is 506 g/mol. The second-order valence-corrected chi connectivity index (χ2v) is 7.78. The molecule has 3 aromatic carbocycles. The van der Waals surface area contributed by atoms with Gasteiger partial charge in [-0.2, -0.15) is 5.26 Å². The lowest BCUT2D eigenvalue weighted by Gasteiger charge is -2.07. The quantitative estimate of drug-likeness (QED) is 0.119. The van der Waals surface area contributed by atoms with Gasteiger partial charge < -0.3 is 10.1 Å². The summed E-state index contributed by atoms with van der Waals surface area (Å²) in [5, 5.41) is 23.0. The fourth-order valence-corrected chi connectivity index (χ4v) is 3.05. The van der Waals surface area contributed by atoms with E-state index in [0.717, 1.165) is 4.47 Å². The van der Waals surface area contributed by atoms with Gasteiger partial charge in [0.25, 0.3) is 11.6 Å². The number of amides is 1. The Hall–Kier alpha value is -4.29. The Morgan fingerprint density at radius 1 is 1.09 bits per heavy atom. The van der Waals surface area contributed by atoms with Crippen molar-refractivity contribution in [1.82, 2.24) is 0 Å². The van der Waals surface area contributed by atoms with Crippen LogP contribution in [0.3, 0.4) is 0 Å². The molecule has 9 heteroatoms. The van der Waals surface area contributed by atoms with Gasteiger partial charge in [-0.1, -0.05) is 34.1 Å². The summed E-state index contributed by atoms with van der Waals surface area (Å²) in [6.07, 6.45) is 1.33. The number of hydrogen-bond acceptors (Lipinski definition) is 6. The number of benzene rings is 3. The van der Waals surface area contributed by atoms with Gasteiger partial charge in [-0.25, -0.2) is 4.79 Å². The number of nitriles is 1. The van der Waals surface area contributed by atoms with E-state index in [1.807, 2.05) is 0 Å². The number of carbonyl (C=O) groups excluding carboxylic acids is 2. The average Bonchev–Trinajstić information content (AvgIpc) is 2.79. The van der Waals surface area contributed by atoms with Gasteiger partial charge in [-0.3, -0.25) is 14.9 Å². The Morgan fingerprint density at radius 3 is 2.36 bits per heavy atom. The Kier molecular flexibility index (Phi) is 7.33. The van der Waals surface area contributed by atoms with Gasteiger partial charge in [0.05, 0.1) is 10.5 Å². The second-order valence-electron chi connectivity index (χ2n) is 6.87. The first kappa shape index (κ1) is 23.4. The Morgan fingerprint density at radius 2 is 1.76 bits per heavy atom. The minimum absolute atomic E-state index is 0.00745. The standard InChI is InChI=1S/C24H16BrN3O5/c1-15-2-11-21(22(12-15)28(31)32)27-23(29)18(14-26)13-16-3-9-20(10-4-16)33-24(30)17-5-7-19(25)8-6-17/h2-13H,1H3,(H,27,29)/b18-13+. The Balaban J connectivity index is 1.73. The van der Waals surface area contributed by atoms with Crippen LogP contribution >= 0.6 is 15.9 Å². The number of anilines is 1. The fraction of sp³-hybridized carbons (Fsp3) is 0.0417. The highest BCUT2D eigenvalue weighted by molar-refractivity contribution is 9.10. The minimum Gasteiger partial charge on any atom is -0.423 e. The SMILES string of the molecule is Cc1ccc(NC(=O)/C(C#N)=C/c2ccc(OC(=O)c3ccc(Br)cc3)cc2)c([N+](=O)[O-])c1. The van der Waals surface area contributed by atoms with Gasteiger partial charge in [0.1, 0.15) is 23.1 Å². The first-order valence-electron chi connectivity index (χ1n) is 9.53. The summed E-state index contributed by atoms with van der Waals surface area (Å²) in [5.41, 5.74) is 1.03. The number of nitrogens with zero attached hydrogens (tertiary/aromatic N) is 2. The molecule has 1 N–H and O–H groups in total. The molecule has 0 spiro atoms. The predicted octanol–water partition coefficient (Wildman–Crippen LogP) is 5.43. The van der Waals surface area contributed by atoms with Crippen molar-refractivity contribution in [3.63, 3.8) is 0 Å². The van der Waals surface area contributed by atoms with Crippen molar-refractivity contribution in [1.29, 1.82) is 5.26 Å². The second kappa shape index (κ2) is 10.3. The summed E-state index contributed by atoms with van der Waals surface area (Å²) < 4.78 is 6.15. The van der Waals surface area contributed by atoms with Crippen LogP contribution in [-0.2, 0) is 4.79 Å². The van der Waals surface area contributed by atoms with E-state index < -0.39 is 16.8 Å². The molecular weight excluding hydrogens is 490 g/mol. The summed E-state index contributed by atoms with van der Waals surface area (Å²) in [6, 6.07) is 19.1. The summed E-state index contributed by atoms with van der Waals surface area (Å²) in [6.45, 7) is 1.69. The van der Waals surface area contributed by atoms with E-state index in [1.165, 1.54) is 30.3 Å². The summed E-state index contributed by atoms with van der Waals surface area (Å²) in [5.74, 6) is -1.02. The third-order valence-electron chi connectivity index (χ3n) is 4.44. The van der Waals surface area contributed by atoms with Gasteiger partial charge in [-0.05, 0) is 66.6 Å². The molecule has 0 radical (unpaired) electrons. The summed E-state index contributed by atoms with van der Waals surface area (Å²) >= 11 is 3.30. The van der Waals surface area contributed by atoms with Crippen LogP contribution in [0.25, 0.3) is 6.08 Å². The van der Waals surface area contributed by atoms with Crippen molar-refractivity contribution >= 4 is 45.3 Å². The fourth-order valence-electron chi connectivity index (χ4n) is 2.79. The first-order valence-corrected chi connectivity index (χ1v) is 10.3. The predicted molar refractivity (Wildman–Crippen MR) is 126 cm³/mol. The van der Waals surface area contributed by atoms with E-state index >= 15 is 0 Å². The number of hydrogen-bond donors (Lipinski definition) is 1. The number of nitro benzene ring substituents is 1. The highest BCUT2D eigenvalue weighted by atomic mass is 79.9. The molecule has 0 heterocycles. The maximum absolute atomic E-state index is 12.5. The largest absolute Gasteiger partial charge is 0.423 e. The third-order valence-corrected chi connectivity index (χ3v) is 4.97. The molecule has 0 atom stereocenters. The third kappa shape index (κ3) is 6.12. The molecule has 0 saturated carbocycles. The molecule has 1 amide bonds. The lowest BCUT2D eigenvalue weighted by molar-refractivity contribution is -0.384. The molecule has 0 aliphatic heterocycles. The van der Waals surface area contributed by atoms with Crippen LogP contribution in [-0.4, -0.2) is 16.8 Å². The van der Waals surface area contributed by atoms with E-state index in [2.05, 4.69) is 21.2 Å². The summed E-state index contributed by atoms with van der Waals surface area (Å²) in [4.78, 5) is 35.3. The maximum atomic E-state index is 12.5. The number of aryl methyl sites for hydroxylation is 1. The van der Waals surface area contributed by atoms with Gasteiger partial charge in [0.15, 0.2) is 0 Å². The van der Waals surface area contributed by atoms with Crippen LogP contribution in [0, 0.1) is 28.4 Å². The van der Waals surface area contributed by atoms with Crippen molar-refractivity contribution in [2.75, 3.05) is 5.32 Å². The Bertz CT molecular complexity index is 1290. The number of carbonyl (C=O) groups is 2. The van der Waals surface area contributed by atoms with Gasteiger partial charge in [-0.15, -0.1) is 0 Å². The first-order chi connectivity index (χ1) is 15.8. The van der Waals surface area contributed by atoms with E-state index in [1.54, 1.807) is 55.5 Å². The van der Waals surface area contributed by atoms with Crippen LogP contribution in [0.4, 0.5) is 11.4 Å². The number of halogens is 1. The maximum Gasteiger partial charge on any atom is 0.343 e. The molecule has 3 aromatic rings. The molecular formula is C24H16BrN3O5. The zero-order valence-electron chi connectivity index (χ0n) is 17.2. The molecule has 8 nitrogen and oxygen atoms in total. The highest BCUT2D eigenvalue weighted by Crippen LogP contribution is 2.26. The van der Waals surface area contributed by atoms with Crippen molar-refractivity contribution in [3.05, 3.63) is 104 Å². The molecule has 3 rings (SSSR count). The molecule has 0 aliphatic rings. The molecule has 0 fully saturated rings. The summed E-state index contributed by atoms with van der Waals surface area (Å²) in [7, 11) is 0. The van der Waals surface area contributed by atoms with Crippen molar-refractivity contribution in [2.45, 2.75) is 6.92 Å². The molecule has 0 bridgehead atoms. The number of ether oxygens (including phenoxy) is 1. The molecule has 33 heavy (non-hydrogen) atoms. The van der Waals surface area contributed by atoms with Crippen LogP contribution in [0.2, 0.25) is 0 Å². The normalized spacial score (nSPS) is 10.8. The number of nitrogens with one attached hydrogen (secondary N) is 1. The molecule has 164 valence electrons. The molecule has 0 unspecified atom stereocenters. The van der Waals surface area contributed by atoms with E-state index in [0.29, 0.717) is 22.4 Å². The van der Waals surface area contributed by atoms with Crippen molar-refractivity contribution in [3.8, 4) is 11.8 Å². The monoisotopic (exact) mass is 505 g/mol. The lowest BCUT2D eigenvalue weighted by atomic mass is 10.1. The topological polar surface area (TPSA) is 122 Å². The zero-order chi connectivity index (χ0) is 24.0. The highest BCUT2D eigenvalue weighted by Gasteiger charge is 2.18.